The maximum atomic E-state index is 12.5. The van der Waals surface area contributed by atoms with E-state index in [0.717, 1.165) is 12.8 Å². The molecule has 0 radical (unpaired) electrons. The summed E-state index contributed by atoms with van der Waals surface area (Å²) in [6.07, 6.45) is 1.98. The SMILES string of the molecule is CN(CC(=O)O)C1C(=O)C2(C)CCC1C2(C)C.Cl. The Bertz CT molecular complexity index is 382. The topological polar surface area (TPSA) is 57.6 Å². The molecule has 18 heavy (non-hydrogen) atoms. The number of rotatable bonds is 3. The smallest absolute Gasteiger partial charge is 0.317 e. The lowest BCUT2D eigenvalue weighted by Gasteiger charge is -2.32. The fourth-order valence-electron chi connectivity index (χ4n) is 3.86. The highest BCUT2D eigenvalue weighted by atomic mass is 35.5. The average Bonchev–Trinajstić information content (AvgIpc) is 2.48. The van der Waals surface area contributed by atoms with Gasteiger partial charge in [0, 0.05) is 5.41 Å². The van der Waals surface area contributed by atoms with E-state index >= 15 is 0 Å². The van der Waals surface area contributed by atoms with Gasteiger partial charge < -0.3 is 5.11 Å². The first-order valence-electron chi connectivity index (χ1n) is 6.18. The van der Waals surface area contributed by atoms with Gasteiger partial charge in [-0.25, -0.2) is 0 Å². The van der Waals surface area contributed by atoms with E-state index in [2.05, 4.69) is 13.8 Å². The van der Waals surface area contributed by atoms with Crippen LogP contribution >= 0.6 is 12.4 Å². The summed E-state index contributed by atoms with van der Waals surface area (Å²) < 4.78 is 0. The average molecular weight is 276 g/mol. The lowest BCUT2D eigenvalue weighted by atomic mass is 9.70. The predicted molar refractivity (Wildman–Crippen MR) is 70.9 cm³/mol. The molecule has 2 bridgehead atoms. The Labute approximate surface area is 114 Å². The van der Waals surface area contributed by atoms with Crippen molar-refractivity contribution < 1.29 is 14.7 Å². The van der Waals surface area contributed by atoms with Crippen molar-refractivity contribution in [2.24, 2.45) is 16.7 Å². The highest BCUT2D eigenvalue weighted by Crippen LogP contribution is 2.64. The summed E-state index contributed by atoms with van der Waals surface area (Å²) in [5.74, 6) is -0.335. The zero-order valence-electron chi connectivity index (χ0n) is 11.4. The van der Waals surface area contributed by atoms with E-state index in [0.29, 0.717) is 5.92 Å². The Morgan fingerprint density at radius 2 is 2.00 bits per heavy atom. The summed E-state index contributed by atoms with van der Waals surface area (Å²) in [6, 6.07) is -0.208. The molecule has 0 saturated heterocycles. The van der Waals surface area contributed by atoms with Crippen molar-refractivity contribution in [3.05, 3.63) is 0 Å². The van der Waals surface area contributed by atoms with Crippen LogP contribution in [0.1, 0.15) is 33.6 Å². The Balaban J connectivity index is 0.00000162. The Hall–Kier alpha value is -0.610. The molecule has 2 rings (SSSR count). The van der Waals surface area contributed by atoms with Gasteiger partial charge >= 0.3 is 5.97 Å². The number of carboxylic acids is 1. The van der Waals surface area contributed by atoms with Crippen LogP contribution in [0.25, 0.3) is 0 Å². The summed E-state index contributed by atoms with van der Waals surface area (Å²) in [7, 11) is 1.75. The standard InChI is InChI=1S/C13H21NO3.ClH/c1-12(2)8-5-6-13(12,3)11(17)10(8)14(4)7-9(15)16;/h8,10H,5-7H2,1-4H3,(H,15,16);1H. The molecule has 2 aliphatic rings. The molecule has 2 fully saturated rings. The van der Waals surface area contributed by atoms with E-state index in [1.165, 1.54) is 0 Å². The Morgan fingerprint density at radius 3 is 2.39 bits per heavy atom. The van der Waals surface area contributed by atoms with Gasteiger partial charge in [0.05, 0.1) is 12.6 Å². The number of Topliss-reactive ketones (excluding diaryl/α,β-unsaturated/α-hetero) is 1. The van der Waals surface area contributed by atoms with Crippen molar-refractivity contribution in [2.75, 3.05) is 13.6 Å². The highest BCUT2D eigenvalue weighted by molar-refractivity contribution is 5.94. The van der Waals surface area contributed by atoms with E-state index < -0.39 is 5.97 Å². The number of carbonyl (C=O) groups excluding carboxylic acids is 1. The van der Waals surface area contributed by atoms with Crippen LogP contribution in [0.2, 0.25) is 0 Å². The predicted octanol–water partition coefficient (Wildman–Crippen LogP) is 1.82. The maximum absolute atomic E-state index is 12.5. The van der Waals surface area contributed by atoms with Crippen LogP contribution in [0, 0.1) is 16.7 Å². The molecule has 1 N–H and O–H groups in total. The number of carbonyl (C=O) groups is 2. The molecule has 0 amide bonds. The fourth-order valence-corrected chi connectivity index (χ4v) is 3.86. The molecule has 0 aromatic carbocycles. The minimum Gasteiger partial charge on any atom is -0.480 e. The molecule has 104 valence electrons. The van der Waals surface area contributed by atoms with E-state index in [9.17, 15) is 9.59 Å². The molecule has 4 nitrogen and oxygen atoms in total. The summed E-state index contributed by atoms with van der Waals surface area (Å²) in [5.41, 5.74) is -0.281. The first-order valence-corrected chi connectivity index (χ1v) is 6.18. The van der Waals surface area contributed by atoms with Gasteiger partial charge in [-0.15, -0.1) is 12.4 Å². The molecule has 0 aliphatic heterocycles. The van der Waals surface area contributed by atoms with Crippen molar-refractivity contribution in [3.8, 4) is 0 Å². The van der Waals surface area contributed by atoms with Crippen molar-refractivity contribution in [1.82, 2.24) is 4.90 Å². The second-order valence-corrected chi connectivity index (χ2v) is 6.32. The van der Waals surface area contributed by atoms with Gasteiger partial charge in [0.1, 0.15) is 0 Å². The molecule has 3 atom stereocenters. The van der Waals surface area contributed by atoms with Crippen molar-refractivity contribution in [2.45, 2.75) is 39.7 Å². The first-order chi connectivity index (χ1) is 7.72. The van der Waals surface area contributed by atoms with E-state index in [4.69, 9.17) is 5.11 Å². The van der Waals surface area contributed by atoms with Crippen LogP contribution in [0.15, 0.2) is 0 Å². The molecular formula is C13H22ClNO3. The second kappa shape index (κ2) is 4.49. The number of ketones is 1. The van der Waals surface area contributed by atoms with Gasteiger partial charge in [-0.05, 0) is 31.2 Å². The number of fused-ring (bicyclic) bond motifs is 2. The van der Waals surface area contributed by atoms with Gasteiger partial charge in [-0.1, -0.05) is 20.8 Å². The number of carboxylic acid groups (broad SMARTS) is 1. The summed E-state index contributed by atoms with van der Waals surface area (Å²) >= 11 is 0. The summed E-state index contributed by atoms with van der Waals surface area (Å²) in [4.78, 5) is 25.0. The Kier molecular flexibility index (Phi) is 3.86. The highest BCUT2D eigenvalue weighted by Gasteiger charge is 2.66. The number of hydrogen-bond donors (Lipinski definition) is 1. The van der Waals surface area contributed by atoms with Crippen LogP contribution in [0.4, 0.5) is 0 Å². The van der Waals surface area contributed by atoms with Crippen LogP contribution in [-0.4, -0.2) is 41.4 Å². The third kappa shape index (κ3) is 1.77. The molecule has 5 heteroatoms. The van der Waals surface area contributed by atoms with Gasteiger partial charge in [-0.3, -0.25) is 14.5 Å². The largest absolute Gasteiger partial charge is 0.480 e. The first kappa shape index (κ1) is 15.4. The summed E-state index contributed by atoms with van der Waals surface area (Å²) in [6.45, 7) is 6.29. The molecule has 0 aromatic rings. The van der Waals surface area contributed by atoms with Crippen molar-refractivity contribution >= 4 is 24.2 Å². The van der Waals surface area contributed by atoms with E-state index in [-0.39, 0.29) is 41.6 Å². The summed E-state index contributed by atoms with van der Waals surface area (Å²) in [5, 5.41) is 8.84. The van der Waals surface area contributed by atoms with Crippen molar-refractivity contribution in [1.29, 1.82) is 0 Å². The number of hydrogen-bond acceptors (Lipinski definition) is 3. The van der Waals surface area contributed by atoms with Gasteiger partial charge in [0.15, 0.2) is 5.78 Å². The quantitative estimate of drug-likeness (QED) is 0.854. The second-order valence-electron chi connectivity index (χ2n) is 6.32. The number of likely N-dealkylation sites (N-methyl/N-ethyl adjacent to an activating group) is 1. The molecule has 0 aromatic heterocycles. The monoisotopic (exact) mass is 275 g/mol. The molecule has 3 unspecified atom stereocenters. The van der Waals surface area contributed by atoms with Gasteiger partial charge in [0.25, 0.3) is 0 Å². The molecule has 0 heterocycles. The van der Waals surface area contributed by atoms with Crippen LogP contribution in [-0.2, 0) is 9.59 Å². The number of aliphatic carboxylic acids is 1. The third-order valence-electron chi connectivity index (χ3n) is 5.36. The molecular weight excluding hydrogens is 254 g/mol. The lowest BCUT2D eigenvalue weighted by molar-refractivity contribution is -0.140. The van der Waals surface area contributed by atoms with Crippen LogP contribution in [0.5, 0.6) is 0 Å². The molecule has 2 aliphatic carbocycles. The zero-order chi connectivity index (χ0) is 13.0. The molecule has 2 saturated carbocycles. The van der Waals surface area contributed by atoms with E-state index in [1.54, 1.807) is 11.9 Å². The third-order valence-corrected chi connectivity index (χ3v) is 5.36. The minimum absolute atomic E-state index is 0. The maximum Gasteiger partial charge on any atom is 0.317 e. The fraction of sp³-hybridized carbons (Fsp3) is 0.846. The zero-order valence-corrected chi connectivity index (χ0v) is 12.2. The number of nitrogens with zero attached hydrogens (tertiary/aromatic N) is 1. The number of halogens is 1. The van der Waals surface area contributed by atoms with E-state index in [1.807, 2.05) is 6.92 Å². The molecule has 0 spiro atoms. The van der Waals surface area contributed by atoms with Crippen molar-refractivity contribution in [3.63, 3.8) is 0 Å². The Morgan fingerprint density at radius 1 is 1.44 bits per heavy atom. The van der Waals surface area contributed by atoms with Gasteiger partial charge in [-0.2, -0.15) is 0 Å². The minimum atomic E-state index is -0.869. The van der Waals surface area contributed by atoms with Gasteiger partial charge in [0.2, 0.25) is 0 Å². The lowest BCUT2D eigenvalue weighted by Crippen LogP contribution is -2.46. The van der Waals surface area contributed by atoms with Crippen LogP contribution in [0.3, 0.4) is 0 Å². The normalized spacial score (nSPS) is 36.8. The van der Waals surface area contributed by atoms with Crippen LogP contribution < -0.4 is 0 Å².